The van der Waals surface area contributed by atoms with Gasteiger partial charge in [0.15, 0.2) is 0 Å². The molecule has 1 aliphatic rings. The van der Waals surface area contributed by atoms with Crippen LogP contribution in [0.3, 0.4) is 0 Å². The Morgan fingerprint density at radius 3 is 2.52 bits per heavy atom. The highest BCUT2D eigenvalue weighted by molar-refractivity contribution is 5.44. The lowest BCUT2D eigenvalue weighted by atomic mass is 9.90. The molecule has 5 heteroatoms. The summed E-state index contributed by atoms with van der Waals surface area (Å²) in [4.78, 5) is 2.46. The predicted molar refractivity (Wildman–Crippen MR) is 122 cm³/mol. The lowest BCUT2D eigenvalue weighted by Gasteiger charge is -2.37. The fourth-order valence-electron chi connectivity index (χ4n) is 4.32. The Kier molecular flexibility index (Phi) is 6.95. The molecule has 1 atom stereocenters. The minimum atomic E-state index is -0.219. The number of hydrogen-bond acceptors (Lipinski definition) is 3. The van der Waals surface area contributed by atoms with E-state index in [1.54, 1.807) is 12.1 Å². The molecule has 1 unspecified atom stereocenters. The maximum absolute atomic E-state index is 13.8. The van der Waals surface area contributed by atoms with E-state index in [9.17, 15) is 8.78 Å². The largest absolute Gasteiger partial charge is 0.388 e. The SMILES string of the molecule is CNc1cccc(CNCCN2Cc3ccc(F)cc3CC2Cc2ccc(F)cc2)c1. The van der Waals surface area contributed by atoms with Gasteiger partial charge in [-0.25, -0.2) is 8.78 Å². The third-order valence-corrected chi connectivity index (χ3v) is 6.02. The fourth-order valence-corrected chi connectivity index (χ4v) is 4.32. The summed E-state index contributed by atoms with van der Waals surface area (Å²) in [5.74, 6) is -0.401. The molecule has 0 saturated heterocycles. The maximum atomic E-state index is 13.8. The molecule has 2 N–H and O–H groups in total. The Labute approximate surface area is 183 Å². The highest BCUT2D eigenvalue weighted by Gasteiger charge is 2.26. The van der Waals surface area contributed by atoms with E-state index in [4.69, 9.17) is 0 Å². The van der Waals surface area contributed by atoms with Crippen LogP contribution in [-0.4, -0.2) is 31.1 Å². The molecule has 3 aromatic carbocycles. The second-order valence-corrected chi connectivity index (χ2v) is 8.20. The van der Waals surface area contributed by atoms with Crippen LogP contribution < -0.4 is 10.6 Å². The van der Waals surface area contributed by atoms with Crippen LogP contribution in [0.2, 0.25) is 0 Å². The van der Waals surface area contributed by atoms with Gasteiger partial charge < -0.3 is 10.6 Å². The fraction of sp³-hybridized carbons (Fsp3) is 0.308. The number of halogens is 2. The topological polar surface area (TPSA) is 27.3 Å². The normalized spacial score (nSPS) is 16.2. The van der Waals surface area contributed by atoms with E-state index in [1.807, 2.05) is 25.2 Å². The van der Waals surface area contributed by atoms with E-state index in [0.29, 0.717) is 0 Å². The van der Waals surface area contributed by atoms with Gasteiger partial charge in [0.1, 0.15) is 11.6 Å². The van der Waals surface area contributed by atoms with E-state index in [1.165, 1.54) is 23.3 Å². The van der Waals surface area contributed by atoms with Gasteiger partial charge >= 0.3 is 0 Å². The summed E-state index contributed by atoms with van der Waals surface area (Å²) in [6.07, 6.45) is 1.62. The minimum Gasteiger partial charge on any atom is -0.388 e. The molecular weight excluding hydrogens is 392 g/mol. The molecule has 0 fully saturated rings. The molecule has 162 valence electrons. The zero-order chi connectivity index (χ0) is 21.6. The van der Waals surface area contributed by atoms with Crippen LogP contribution in [0.15, 0.2) is 66.7 Å². The molecule has 3 nitrogen and oxygen atoms in total. The number of anilines is 1. The van der Waals surface area contributed by atoms with Crippen LogP contribution in [0.1, 0.15) is 22.3 Å². The second kappa shape index (κ2) is 10.0. The molecule has 4 rings (SSSR count). The summed E-state index contributed by atoms with van der Waals surface area (Å²) < 4.78 is 27.1. The van der Waals surface area contributed by atoms with Crippen LogP contribution >= 0.6 is 0 Å². The van der Waals surface area contributed by atoms with Gasteiger partial charge in [-0.15, -0.1) is 0 Å². The molecule has 3 aromatic rings. The molecular formula is C26H29F2N3. The summed E-state index contributed by atoms with van der Waals surface area (Å²) in [5, 5.41) is 6.72. The first-order valence-electron chi connectivity index (χ1n) is 10.8. The van der Waals surface area contributed by atoms with Crippen LogP contribution in [0.5, 0.6) is 0 Å². The molecule has 0 amide bonds. The van der Waals surface area contributed by atoms with Crippen molar-refractivity contribution in [1.29, 1.82) is 0 Å². The van der Waals surface area contributed by atoms with E-state index in [2.05, 4.69) is 39.8 Å². The highest BCUT2D eigenvalue weighted by Crippen LogP contribution is 2.26. The van der Waals surface area contributed by atoms with E-state index >= 15 is 0 Å². The molecule has 31 heavy (non-hydrogen) atoms. The Balaban J connectivity index is 1.41. The van der Waals surface area contributed by atoms with E-state index in [-0.39, 0.29) is 17.7 Å². The Morgan fingerprint density at radius 1 is 0.903 bits per heavy atom. The van der Waals surface area contributed by atoms with Crippen molar-refractivity contribution in [2.45, 2.75) is 32.0 Å². The first-order valence-corrected chi connectivity index (χ1v) is 10.8. The molecule has 1 aliphatic heterocycles. The Hall–Kier alpha value is -2.76. The van der Waals surface area contributed by atoms with Crippen molar-refractivity contribution in [1.82, 2.24) is 10.2 Å². The molecule has 0 aromatic heterocycles. The number of fused-ring (bicyclic) bond motifs is 1. The number of nitrogens with zero attached hydrogens (tertiary/aromatic N) is 1. The van der Waals surface area contributed by atoms with Gasteiger partial charge in [0.25, 0.3) is 0 Å². The molecule has 0 radical (unpaired) electrons. The number of hydrogen-bond donors (Lipinski definition) is 2. The van der Waals surface area contributed by atoms with Gasteiger partial charge in [-0.1, -0.05) is 30.3 Å². The molecule has 1 heterocycles. The number of benzene rings is 3. The molecule has 0 bridgehead atoms. The van der Waals surface area contributed by atoms with Gasteiger partial charge in [-0.05, 0) is 71.5 Å². The van der Waals surface area contributed by atoms with Crippen molar-refractivity contribution in [2.75, 3.05) is 25.5 Å². The van der Waals surface area contributed by atoms with Crippen LogP contribution in [0.4, 0.5) is 14.5 Å². The van der Waals surface area contributed by atoms with Crippen molar-refractivity contribution in [3.63, 3.8) is 0 Å². The number of nitrogens with one attached hydrogen (secondary N) is 2. The molecule has 0 aliphatic carbocycles. The summed E-state index contributed by atoms with van der Waals surface area (Å²) in [6.45, 7) is 3.38. The zero-order valence-corrected chi connectivity index (χ0v) is 17.9. The van der Waals surface area contributed by atoms with Crippen molar-refractivity contribution in [2.24, 2.45) is 0 Å². The standard InChI is InChI=1S/C26H29F2N3/c1-29-25-4-2-3-20(13-25)17-30-11-12-31-18-21-7-10-24(28)15-22(21)16-26(31)14-19-5-8-23(27)9-6-19/h2-10,13,15,26,29-30H,11-12,14,16-18H2,1H3. The number of rotatable bonds is 8. The van der Waals surface area contributed by atoms with Crippen molar-refractivity contribution in [3.05, 3.63) is 101 Å². The summed E-state index contributed by atoms with van der Waals surface area (Å²) in [7, 11) is 1.92. The smallest absolute Gasteiger partial charge is 0.123 e. The Morgan fingerprint density at radius 2 is 1.71 bits per heavy atom. The lowest BCUT2D eigenvalue weighted by Crippen LogP contribution is -2.44. The van der Waals surface area contributed by atoms with Gasteiger partial charge in [0.2, 0.25) is 0 Å². The molecule has 0 saturated carbocycles. The summed E-state index contributed by atoms with van der Waals surface area (Å²) in [5.41, 5.74) is 5.74. The predicted octanol–water partition coefficient (Wildman–Crippen LogP) is 4.77. The zero-order valence-electron chi connectivity index (χ0n) is 17.9. The van der Waals surface area contributed by atoms with Gasteiger partial charge in [-0.3, -0.25) is 4.90 Å². The molecule has 0 spiro atoms. The van der Waals surface area contributed by atoms with E-state index < -0.39 is 0 Å². The van der Waals surface area contributed by atoms with Crippen LogP contribution in [-0.2, 0) is 25.9 Å². The van der Waals surface area contributed by atoms with Crippen molar-refractivity contribution in [3.8, 4) is 0 Å². The monoisotopic (exact) mass is 421 g/mol. The summed E-state index contributed by atoms with van der Waals surface area (Å²) >= 11 is 0. The average molecular weight is 422 g/mol. The van der Waals surface area contributed by atoms with Crippen LogP contribution in [0.25, 0.3) is 0 Å². The Bertz CT molecular complexity index is 1000. The summed E-state index contributed by atoms with van der Waals surface area (Å²) in [6, 6.07) is 20.5. The van der Waals surface area contributed by atoms with Gasteiger partial charge in [0, 0.05) is 45.0 Å². The average Bonchev–Trinajstić information content (AvgIpc) is 2.78. The van der Waals surface area contributed by atoms with Gasteiger partial charge in [-0.2, -0.15) is 0 Å². The minimum absolute atomic E-state index is 0.182. The maximum Gasteiger partial charge on any atom is 0.123 e. The third-order valence-electron chi connectivity index (χ3n) is 6.02. The van der Waals surface area contributed by atoms with Crippen molar-refractivity contribution < 1.29 is 8.78 Å². The van der Waals surface area contributed by atoms with Gasteiger partial charge in [0.05, 0.1) is 0 Å². The first kappa shape index (κ1) is 21.5. The van der Waals surface area contributed by atoms with Crippen LogP contribution in [0, 0.1) is 11.6 Å². The highest BCUT2D eigenvalue weighted by atomic mass is 19.1. The second-order valence-electron chi connectivity index (χ2n) is 8.20. The lowest BCUT2D eigenvalue weighted by molar-refractivity contribution is 0.170. The van der Waals surface area contributed by atoms with E-state index in [0.717, 1.165) is 55.8 Å². The third kappa shape index (κ3) is 5.69. The first-order chi connectivity index (χ1) is 15.1. The van der Waals surface area contributed by atoms with Crippen molar-refractivity contribution >= 4 is 5.69 Å². The quantitative estimate of drug-likeness (QED) is 0.513.